The summed E-state index contributed by atoms with van der Waals surface area (Å²) in [4.78, 5) is 39.8. The monoisotopic (exact) mass is 432 g/mol. The number of carbonyl (C=O) groups excluding carboxylic acids is 3. The third-order valence-electron chi connectivity index (χ3n) is 5.65. The minimum Gasteiger partial charge on any atom is -0.426 e. The van der Waals surface area contributed by atoms with Crippen molar-refractivity contribution in [2.24, 2.45) is 0 Å². The first-order chi connectivity index (χ1) is 14.8. The van der Waals surface area contributed by atoms with E-state index in [2.05, 4.69) is 16.0 Å². The highest BCUT2D eigenvalue weighted by Gasteiger charge is 2.37. The molecule has 0 bridgehead atoms. The molecular weight excluding hydrogens is 399 g/mol. The lowest BCUT2D eigenvalue weighted by Gasteiger charge is -2.29. The molecule has 10 heteroatoms. The molecule has 0 spiro atoms. The summed E-state index contributed by atoms with van der Waals surface area (Å²) in [5, 5.41) is 26.8. The number of benzene rings is 1. The Morgan fingerprint density at radius 2 is 1.87 bits per heavy atom. The van der Waals surface area contributed by atoms with Gasteiger partial charge in [0.25, 0.3) is 0 Å². The molecule has 1 aromatic carbocycles. The fourth-order valence-electron chi connectivity index (χ4n) is 3.74. The lowest BCUT2D eigenvalue weighted by molar-refractivity contribution is -0.140. The van der Waals surface area contributed by atoms with Gasteiger partial charge in [0, 0.05) is 6.54 Å². The topological polar surface area (TPSA) is 131 Å². The maximum atomic E-state index is 13.1. The average Bonchev–Trinajstić information content (AvgIpc) is 3.25. The van der Waals surface area contributed by atoms with Crippen LogP contribution in [-0.2, 0) is 20.8 Å². The molecule has 2 unspecified atom stereocenters. The molecule has 0 radical (unpaired) electrons. The van der Waals surface area contributed by atoms with Crippen LogP contribution < -0.4 is 16.0 Å². The first-order valence-electron chi connectivity index (χ1n) is 10.8. The van der Waals surface area contributed by atoms with Gasteiger partial charge in [-0.05, 0) is 45.2 Å². The number of likely N-dealkylation sites (N-methyl/N-ethyl adjacent to an activating group) is 1. The molecule has 1 heterocycles. The van der Waals surface area contributed by atoms with Gasteiger partial charge < -0.3 is 30.9 Å². The number of hydrogen-bond donors (Lipinski definition) is 5. The standard InChI is InChI=1S/C21H33BN4O5/c1-4-18(22(30)31)25-19(27)14(2)24-20(28)17-11-8-12-26(17)21(29)16(23-3)13-15-9-6-5-7-10-15/h5-7,9-10,14,16-18,23,30-31H,4,8,11-13H2,1-3H3,(H,24,28)(H,25,27)/t14?,16?,17-,18-/m0/s1. The summed E-state index contributed by atoms with van der Waals surface area (Å²) in [5.74, 6) is -1.86. The minimum absolute atomic E-state index is 0.143. The van der Waals surface area contributed by atoms with E-state index < -0.39 is 37.1 Å². The third-order valence-corrected chi connectivity index (χ3v) is 5.65. The van der Waals surface area contributed by atoms with E-state index >= 15 is 0 Å². The number of hydrogen-bond acceptors (Lipinski definition) is 6. The van der Waals surface area contributed by atoms with Gasteiger partial charge in [-0.2, -0.15) is 0 Å². The Hall–Kier alpha value is -2.43. The maximum absolute atomic E-state index is 13.1. The zero-order valence-corrected chi connectivity index (χ0v) is 18.4. The maximum Gasteiger partial charge on any atom is 0.475 e. The molecule has 0 saturated carbocycles. The van der Waals surface area contributed by atoms with Crippen molar-refractivity contribution in [2.75, 3.05) is 13.6 Å². The second kappa shape index (κ2) is 11.8. The van der Waals surface area contributed by atoms with Gasteiger partial charge in [0.2, 0.25) is 17.7 Å². The Labute approximate surface area is 183 Å². The quantitative estimate of drug-likeness (QED) is 0.309. The van der Waals surface area contributed by atoms with Gasteiger partial charge in [-0.1, -0.05) is 37.3 Å². The van der Waals surface area contributed by atoms with E-state index in [0.717, 1.165) is 5.56 Å². The fraction of sp³-hybridized carbons (Fsp3) is 0.571. The van der Waals surface area contributed by atoms with Crippen LogP contribution in [0.4, 0.5) is 0 Å². The summed E-state index contributed by atoms with van der Waals surface area (Å²) in [6.07, 6.45) is 2.09. The van der Waals surface area contributed by atoms with Crippen LogP contribution in [0.5, 0.6) is 0 Å². The lowest BCUT2D eigenvalue weighted by Crippen LogP contribution is -2.57. The molecule has 1 aromatic rings. The second-order valence-corrected chi connectivity index (χ2v) is 7.89. The summed E-state index contributed by atoms with van der Waals surface area (Å²) in [6, 6.07) is 7.71. The highest BCUT2D eigenvalue weighted by Crippen LogP contribution is 2.20. The molecule has 1 aliphatic rings. The Morgan fingerprint density at radius 1 is 1.19 bits per heavy atom. The Balaban J connectivity index is 1.98. The zero-order valence-electron chi connectivity index (χ0n) is 18.4. The van der Waals surface area contributed by atoms with Crippen LogP contribution in [0.15, 0.2) is 30.3 Å². The molecule has 0 aliphatic carbocycles. The molecule has 1 saturated heterocycles. The van der Waals surface area contributed by atoms with Crippen LogP contribution in [0, 0.1) is 0 Å². The lowest BCUT2D eigenvalue weighted by atomic mass is 9.78. The van der Waals surface area contributed by atoms with Crippen LogP contribution >= 0.6 is 0 Å². The molecule has 9 nitrogen and oxygen atoms in total. The number of nitrogens with zero attached hydrogens (tertiary/aromatic N) is 1. The normalized spacial score (nSPS) is 18.7. The number of amides is 3. The minimum atomic E-state index is -1.68. The van der Waals surface area contributed by atoms with Crippen molar-refractivity contribution in [2.45, 2.75) is 63.6 Å². The van der Waals surface area contributed by atoms with Crippen LogP contribution in [0.1, 0.15) is 38.7 Å². The van der Waals surface area contributed by atoms with Gasteiger partial charge in [0.15, 0.2) is 0 Å². The molecule has 0 aromatic heterocycles. The van der Waals surface area contributed by atoms with Gasteiger partial charge in [-0.25, -0.2) is 0 Å². The van der Waals surface area contributed by atoms with E-state index in [1.54, 1.807) is 18.9 Å². The van der Waals surface area contributed by atoms with Crippen molar-refractivity contribution in [3.05, 3.63) is 35.9 Å². The molecule has 4 atom stereocenters. The van der Waals surface area contributed by atoms with Gasteiger partial charge in [0.1, 0.15) is 12.1 Å². The molecule has 1 fully saturated rings. The number of rotatable bonds is 10. The SMILES string of the molecule is CC[C@H](NC(=O)C(C)NC(=O)[C@@H]1CCCN1C(=O)C(Cc1ccccc1)NC)B(O)O. The highest BCUT2D eigenvalue weighted by atomic mass is 16.4. The van der Waals surface area contributed by atoms with Crippen molar-refractivity contribution < 1.29 is 24.4 Å². The van der Waals surface area contributed by atoms with E-state index in [1.165, 1.54) is 6.92 Å². The number of nitrogens with one attached hydrogen (secondary N) is 3. The number of carbonyl (C=O) groups is 3. The van der Waals surface area contributed by atoms with E-state index in [-0.39, 0.29) is 11.8 Å². The van der Waals surface area contributed by atoms with Crippen LogP contribution in [0.3, 0.4) is 0 Å². The van der Waals surface area contributed by atoms with Crippen molar-refractivity contribution >= 4 is 24.8 Å². The molecule has 3 amide bonds. The van der Waals surface area contributed by atoms with Crippen molar-refractivity contribution in [3.8, 4) is 0 Å². The fourth-order valence-corrected chi connectivity index (χ4v) is 3.74. The summed E-state index contributed by atoms with van der Waals surface area (Å²) in [5.41, 5.74) is 1.03. The summed E-state index contributed by atoms with van der Waals surface area (Å²) < 4.78 is 0. The molecule has 1 aliphatic heterocycles. The van der Waals surface area contributed by atoms with Crippen LogP contribution in [0.25, 0.3) is 0 Å². The van der Waals surface area contributed by atoms with Crippen LogP contribution in [-0.4, -0.2) is 77.4 Å². The van der Waals surface area contributed by atoms with Crippen molar-refractivity contribution in [3.63, 3.8) is 0 Å². The molecule has 2 rings (SSSR count). The Kier molecular flexibility index (Phi) is 9.48. The van der Waals surface area contributed by atoms with Gasteiger partial charge in [0.05, 0.1) is 12.0 Å². The van der Waals surface area contributed by atoms with E-state index in [1.807, 2.05) is 30.3 Å². The largest absolute Gasteiger partial charge is 0.475 e. The smallest absolute Gasteiger partial charge is 0.426 e. The van der Waals surface area contributed by atoms with E-state index in [0.29, 0.717) is 32.2 Å². The average molecular weight is 432 g/mol. The van der Waals surface area contributed by atoms with Gasteiger partial charge in [-0.15, -0.1) is 0 Å². The molecular formula is C21H33BN4O5. The molecule has 31 heavy (non-hydrogen) atoms. The zero-order chi connectivity index (χ0) is 23.0. The van der Waals surface area contributed by atoms with Gasteiger partial charge in [-0.3, -0.25) is 14.4 Å². The first-order valence-corrected chi connectivity index (χ1v) is 10.8. The Bertz CT molecular complexity index is 749. The highest BCUT2D eigenvalue weighted by molar-refractivity contribution is 6.43. The van der Waals surface area contributed by atoms with Crippen molar-refractivity contribution in [1.82, 2.24) is 20.9 Å². The summed E-state index contributed by atoms with van der Waals surface area (Å²) in [6.45, 7) is 3.72. The predicted molar refractivity (Wildman–Crippen MR) is 118 cm³/mol. The number of likely N-dealkylation sites (tertiary alicyclic amines) is 1. The van der Waals surface area contributed by atoms with Crippen molar-refractivity contribution in [1.29, 1.82) is 0 Å². The van der Waals surface area contributed by atoms with E-state index in [4.69, 9.17) is 0 Å². The molecule has 5 N–H and O–H groups in total. The Morgan fingerprint density at radius 3 is 2.45 bits per heavy atom. The first kappa shape index (κ1) is 24.8. The summed E-state index contributed by atoms with van der Waals surface area (Å²) in [7, 11) is 0.0471. The van der Waals surface area contributed by atoms with Crippen LogP contribution in [0.2, 0.25) is 0 Å². The third kappa shape index (κ3) is 6.78. The van der Waals surface area contributed by atoms with E-state index in [9.17, 15) is 24.4 Å². The predicted octanol–water partition coefficient (Wildman–Crippen LogP) is -0.780. The van der Waals surface area contributed by atoms with Gasteiger partial charge >= 0.3 is 7.12 Å². The summed E-state index contributed by atoms with van der Waals surface area (Å²) >= 11 is 0. The molecule has 170 valence electrons. The second-order valence-electron chi connectivity index (χ2n) is 7.89.